The summed E-state index contributed by atoms with van der Waals surface area (Å²) in [6.07, 6.45) is 7.73. The maximum absolute atomic E-state index is 12.3. The van der Waals surface area contributed by atoms with E-state index in [1.54, 1.807) is 6.20 Å². The largest absolute Gasteiger partial charge is 0.473 e. The Bertz CT molecular complexity index is 747. The van der Waals surface area contributed by atoms with Crippen LogP contribution in [0.5, 0.6) is 5.88 Å². The van der Waals surface area contributed by atoms with Crippen molar-refractivity contribution in [2.24, 2.45) is 17.8 Å². The normalized spacial score (nSPS) is 23.8. The molecule has 3 atom stereocenters. The van der Waals surface area contributed by atoms with Gasteiger partial charge in [0.05, 0.1) is 0 Å². The summed E-state index contributed by atoms with van der Waals surface area (Å²) in [7, 11) is 0. The third kappa shape index (κ3) is 4.24. The lowest BCUT2D eigenvalue weighted by molar-refractivity contribution is -0.122. The Hall–Kier alpha value is -2.36. The predicted octanol–water partition coefficient (Wildman–Crippen LogP) is 4.10. The van der Waals surface area contributed by atoms with Crippen LogP contribution in [0, 0.1) is 17.8 Å². The zero-order valence-electron chi connectivity index (χ0n) is 15.1. The number of aromatic nitrogens is 1. The van der Waals surface area contributed by atoms with Crippen LogP contribution >= 0.6 is 0 Å². The summed E-state index contributed by atoms with van der Waals surface area (Å²) in [5, 5.41) is 3.06. The SMILES string of the molecule is O=C(CC1CC2CCC1C2)NCc1ccnc(OCc2ccccc2)c1. The molecule has 136 valence electrons. The average molecular weight is 350 g/mol. The van der Waals surface area contributed by atoms with Gasteiger partial charge in [-0.25, -0.2) is 4.98 Å². The number of benzene rings is 1. The third-order valence-corrected chi connectivity index (χ3v) is 5.85. The maximum Gasteiger partial charge on any atom is 0.220 e. The lowest BCUT2D eigenvalue weighted by Gasteiger charge is -2.20. The molecular formula is C22H26N2O2. The molecule has 1 heterocycles. The number of pyridine rings is 1. The number of hydrogen-bond donors (Lipinski definition) is 1. The van der Waals surface area contributed by atoms with Crippen molar-refractivity contribution in [1.29, 1.82) is 0 Å². The van der Waals surface area contributed by atoms with Crippen molar-refractivity contribution in [1.82, 2.24) is 10.3 Å². The molecule has 2 aromatic rings. The molecule has 2 bridgehead atoms. The fraction of sp³-hybridized carbons (Fsp3) is 0.455. The number of ether oxygens (including phenoxy) is 1. The molecule has 3 unspecified atom stereocenters. The predicted molar refractivity (Wildman–Crippen MR) is 100 cm³/mol. The van der Waals surface area contributed by atoms with Crippen molar-refractivity contribution in [2.75, 3.05) is 0 Å². The van der Waals surface area contributed by atoms with E-state index in [1.807, 2.05) is 42.5 Å². The van der Waals surface area contributed by atoms with E-state index in [4.69, 9.17) is 4.74 Å². The second-order valence-electron chi connectivity index (χ2n) is 7.69. The standard InChI is InChI=1S/C22H26N2O2/c25-21(13-20-11-17-6-7-19(20)10-17)24-14-18-8-9-23-22(12-18)26-15-16-4-2-1-3-5-16/h1-5,8-9,12,17,19-20H,6-7,10-11,13-15H2,(H,24,25). The topological polar surface area (TPSA) is 51.2 Å². The lowest BCUT2D eigenvalue weighted by atomic mass is 9.86. The first-order chi connectivity index (χ1) is 12.8. The van der Waals surface area contributed by atoms with Gasteiger partial charge in [-0.15, -0.1) is 0 Å². The number of hydrogen-bond acceptors (Lipinski definition) is 3. The van der Waals surface area contributed by atoms with Gasteiger partial charge in [0.25, 0.3) is 0 Å². The van der Waals surface area contributed by atoms with Crippen LogP contribution in [0.15, 0.2) is 48.7 Å². The first-order valence-electron chi connectivity index (χ1n) is 9.64. The quantitative estimate of drug-likeness (QED) is 0.818. The van der Waals surface area contributed by atoms with E-state index >= 15 is 0 Å². The molecule has 4 nitrogen and oxygen atoms in total. The van der Waals surface area contributed by atoms with E-state index in [2.05, 4.69) is 10.3 Å². The highest BCUT2D eigenvalue weighted by Crippen LogP contribution is 2.49. The van der Waals surface area contributed by atoms with Crippen molar-refractivity contribution in [3.05, 3.63) is 59.8 Å². The first kappa shape index (κ1) is 17.1. The molecule has 1 amide bonds. The Morgan fingerprint density at radius 1 is 1.12 bits per heavy atom. The Kier molecular flexibility index (Phi) is 5.19. The maximum atomic E-state index is 12.3. The minimum Gasteiger partial charge on any atom is -0.473 e. The highest BCUT2D eigenvalue weighted by atomic mass is 16.5. The van der Waals surface area contributed by atoms with Gasteiger partial charge in [-0.2, -0.15) is 0 Å². The van der Waals surface area contributed by atoms with E-state index in [-0.39, 0.29) is 5.91 Å². The number of carbonyl (C=O) groups is 1. The van der Waals surface area contributed by atoms with Gasteiger partial charge in [-0.3, -0.25) is 4.79 Å². The number of rotatable bonds is 7. The first-order valence-corrected chi connectivity index (χ1v) is 9.64. The molecule has 4 heteroatoms. The highest BCUT2D eigenvalue weighted by Gasteiger charge is 2.39. The van der Waals surface area contributed by atoms with Crippen LogP contribution in [-0.2, 0) is 17.9 Å². The van der Waals surface area contributed by atoms with Crippen molar-refractivity contribution in [2.45, 2.75) is 45.3 Å². The number of nitrogens with zero attached hydrogens (tertiary/aromatic N) is 1. The van der Waals surface area contributed by atoms with Gasteiger partial charge in [0.2, 0.25) is 11.8 Å². The van der Waals surface area contributed by atoms with Crippen LogP contribution in [0.3, 0.4) is 0 Å². The molecular weight excluding hydrogens is 324 g/mol. The molecule has 1 aromatic carbocycles. The summed E-state index contributed by atoms with van der Waals surface area (Å²) in [5.74, 6) is 3.06. The Labute approximate surface area is 155 Å². The number of nitrogens with one attached hydrogen (secondary N) is 1. The zero-order chi connectivity index (χ0) is 17.8. The zero-order valence-corrected chi connectivity index (χ0v) is 15.1. The number of fused-ring (bicyclic) bond motifs is 2. The molecule has 1 N–H and O–H groups in total. The van der Waals surface area contributed by atoms with Crippen LogP contribution in [0.4, 0.5) is 0 Å². The molecule has 26 heavy (non-hydrogen) atoms. The summed E-state index contributed by atoms with van der Waals surface area (Å²) >= 11 is 0. The van der Waals surface area contributed by atoms with Crippen LogP contribution in [0.25, 0.3) is 0 Å². The minimum atomic E-state index is 0.172. The van der Waals surface area contributed by atoms with Crippen molar-refractivity contribution in [3.63, 3.8) is 0 Å². The minimum absolute atomic E-state index is 0.172. The van der Waals surface area contributed by atoms with Crippen LogP contribution in [0.1, 0.15) is 43.2 Å². The van der Waals surface area contributed by atoms with Gasteiger partial charge in [0.1, 0.15) is 6.61 Å². The molecule has 0 radical (unpaired) electrons. The second kappa shape index (κ2) is 7.90. The van der Waals surface area contributed by atoms with Gasteiger partial charge in [0, 0.05) is 25.2 Å². The van der Waals surface area contributed by atoms with Gasteiger partial charge in [-0.1, -0.05) is 36.8 Å². The molecule has 4 rings (SSSR count). The van der Waals surface area contributed by atoms with Gasteiger partial charge in [-0.05, 0) is 54.2 Å². The van der Waals surface area contributed by atoms with E-state index in [0.717, 1.165) is 23.0 Å². The molecule has 0 spiro atoms. The smallest absolute Gasteiger partial charge is 0.220 e. The fourth-order valence-electron chi connectivity index (χ4n) is 4.51. The monoisotopic (exact) mass is 350 g/mol. The van der Waals surface area contributed by atoms with Crippen molar-refractivity contribution in [3.8, 4) is 5.88 Å². The molecule has 0 aliphatic heterocycles. The van der Waals surface area contributed by atoms with Crippen LogP contribution < -0.4 is 10.1 Å². The summed E-state index contributed by atoms with van der Waals surface area (Å²) in [6, 6.07) is 13.9. The molecule has 0 saturated heterocycles. The number of amides is 1. The van der Waals surface area contributed by atoms with Crippen molar-refractivity contribution < 1.29 is 9.53 Å². The Morgan fingerprint density at radius 2 is 2.00 bits per heavy atom. The van der Waals surface area contributed by atoms with Gasteiger partial charge < -0.3 is 10.1 Å². The second-order valence-corrected chi connectivity index (χ2v) is 7.69. The summed E-state index contributed by atoms with van der Waals surface area (Å²) in [5.41, 5.74) is 2.13. The third-order valence-electron chi connectivity index (χ3n) is 5.85. The summed E-state index contributed by atoms with van der Waals surface area (Å²) in [6.45, 7) is 1.03. The summed E-state index contributed by atoms with van der Waals surface area (Å²) in [4.78, 5) is 16.5. The summed E-state index contributed by atoms with van der Waals surface area (Å²) < 4.78 is 5.76. The molecule has 2 aliphatic carbocycles. The average Bonchev–Trinajstić information content (AvgIpc) is 3.29. The fourth-order valence-corrected chi connectivity index (χ4v) is 4.51. The van der Waals surface area contributed by atoms with Gasteiger partial charge in [0.15, 0.2) is 0 Å². The molecule has 1 aromatic heterocycles. The lowest BCUT2D eigenvalue weighted by Crippen LogP contribution is -2.26. The van der Waals surface area contributed by atoms with E-state index in [0.29, 0.717) is 31.4 Å². The van der Waals surface area contributed by atoms with Crippen LogP contribution in [0.2, 0.25) is 0 Å². The van der Waals surface area contributed by atoms with Gasteiger partial charge >= 0.3 is 0 Å². The van der Waals surface area contributed by atoms with Crippen molar-refractivity contribution >= 4 is 5.91 Å². The highest BCUT2D eigenvalue weighted by molar-refractivity contribution is 5.76. The van der Waals surface area contributed by atoms with E-state index in [9.17, 15) is 4.79 Å². The molecule has 2 fully saturated rings. The van der Waals surface area contributed by atoms with E-state index < -0.39 is 0 Å². The molecule has 2 saturated carbocycles. The van der Waals surface area contributed by atoms with Crippen LogP contribution in [-0.4, -0.2) is 10.9 Å². The number of carbonyl (C=O) groups excluding carboxylic acids is 1. The Morgan fingerprint density at radius 3 is 2.77 bits per heavy atom. The molecule has 2 aliphatic rings. The Balaban J connectivity index is 1.25. The van der Waals surface area contributed by atoms with E-state index in [1.165, 1.54) is 25.7 Å².